The van der Waals surface area contributed by atoms with Gasteiger partial charge in [-0.3, -0.25) is 19.2 Å². The van der Waals surface area contributed by atoms with Gasteiger partial charge in [-0.15, -0.1) is 0 Å². The average Bonchev–Trinajstić information content (AvgIpc) is 2.60. The minimum Gasteiger partial charge on any atom is -0.508 e. The fraction of sp³-hybridized carbons (Fsp3) is 0.412. The van der Waals surface area contributed by atoms with Crippen LogP contribution in [-0.2, 0) is 25.6 Å². The Bertz CT molecular complexity index is 689. The Morgan fingerprint density at radius 2 is 1.63 bits per heavy atom. The number of carbonyl (C=O) groups is 4. The molecule has 0 spiro atoms. The molecule has 0 bridgehead atoms. The van der Waals surface area contributed by atoms with Gasteiger partial charge in [0.15, 0.2) is 0 Å². The lowest BCUT2D eigenvalue weighted by Gasteiger charge is -2.20. The lowest BCUT2D eigenvalue weighted by molar-refractivity contribution is -0.141. The molecule has 148 valence electrons. The first-order valence-corrected chi connectivity index (χ1v) is 8.24. The van der Waals surface area contributed by atoms with Gasteiger partial charge >= 0.3 is 5.97 Å². The Balaban J connectivity index is 2.81. The van der Waals surface area contributed by atoms with E-state index < -0.39 is 41.8 Å². The van der Waals surface area contributed by atoms with Crippen molar-refractivity contribution in [2.24, 2.45) is 5.73 Å². The summed E-state index contributed by atoms with van der Waals surface area (Å²) in [4.78, 5) is 46.8. The molecule has 1 aromatic rings. The summed E-state index contributed by atoms with van der Waals surface area (Å²) < 4.78 is 0. The van der Waals surface area contributed by atoms with Crippen LogP contribution in [0.15, 0.2) is 24.3 Å². The Kier molecular flexibility index (Phi) is 8.21. The Hall–Kier alpha value is -3.14. The van der Waals surface area contributed by atoms with Crippen molar-refractivity contribution in [3.8, 4) is 5.75 Å². The van der Waals surface area contributed by atoms with Crippen molar-refractivity contribution in [3.63, 3.8) is 0 Å². The van der Waals surface area contributed by atoms with Crippen LogP contribution in [0.2, 0.25) is 0 Å². The van der Waals surface area contributed by atoms with E-state index in [4.69, 9.17) is 10.8 Å². The van der Waals surface area contributed by atoms with Crippen LogP contribution >= 0.6 is 0 Å². The molecule has 3 atom stereocenters. The average molecular weight is 380 g/mol. The van der Waals surface area contributed by atoms with Crippen LogP contribution in [0, 0.1) is 0 Å². The number of hydrogen-bond donors (Lipinski definition) is 6. The predicted octanol–water partition coefficient (Wildman–Crippen LogP) is -1.53. The van der Waals surface area contributed by atoms with Crippen molar-refractivity contribution >= 4 is 23.7 Å². The SMILES string of the molecule is CC(N)C(=O)NCC(=O)NC(Cc1ccc(O)cc1)C(=O)NC(C)C(=O)O. The minimum absolute atomic E-state index is 0.0434. The number of rotatable bonds is 9. The lowest BCUT2D eigenvalue weighted by atomic mass is 10.0. The van der Waals surface area contributed by atoms with Gasteiger partial charge in [0.2, 0.25) is 17.7 Å². The molecule has 0 aliphatic carbocycles. The summed E-state index contributed by atoms with van der Waals surface area (Å²) in [6, 6.07) is 2.99. The van der Waals surface area contributed by atoms with Crippen molar-refractivity contribution in [2.75, 3.05) is 6.54 Å². The second-order valence-electron chi connectivity index (χ2n) is 6.07. The van der Waals surface area contributed by atoms with Crippen LogP contribution in [0.25, 0.3) is 0 Å². The fourth-order valence-electron chi connectivity index (χ4n) is 2.03. The van der Waals surface area contributed by atoms with Crippen molar-refractivity contribution in [1.82, 2.24) is 16.0 Å². The number of carboxylic acids is 1. The van der Waals surface area contributed by atoms with Crippen LogP contribution < -0.4 is 21.7 Å². The normalized spacial score (nSPS) is 13.7. The maximum atomic E-state index is 12.4. The second kappa shape index (κ2) is 10.1. The number of aliphatic carboxylic acids is 1. The molecule has 10 heteroatoms. The molecule has 3 amide bonds. The fourth-order valence-corrected chi connectivity index (χ4v) is 2.03. The smallest absolute Gasteiger partial charge is 0.325 e. The van der Waals surface area contributed by atoms with Gasteiger partial charge in [0.25, 0.3) is 0 Å². The highest BCUT2D eigenvalue weighted by molar-refractivity contribution is 5.92. The maximum absolute atomic E-state index is 12.4. The first-order valence-electron chi connectivity index (χ1n) is 8.24. The second-order valence-corrected chi connectivity index (χ2v) is 6.07. The summed E-state index contributed by atoms with van der Waals surface area (Å²) in [7, 11) is 0. The molecule has 3 unspecified atom stereocenters. The molecule has 1 rings (SSSR count). The standard InChI is InChI=1S/C17H24N4O6/c1-9(18)15(24)19-8-14(23)21-13(16(25)20-10(2)17(26)27)7-11-3-5-12(22)6-4-11/h3-6,9-10,13,22H,7-8,18H2,1-2H3,(H,19,24)(H,20,25)(H,21,23)(H,26,27). The quantitative estimate of drug-likeness (QED) is 0.302. The van der Waals surface area contributed by atoms with E-state index in [9.17, 15) is 24.3 Å². The summed E-state index contributed by atoms with van der Waals surface area (Å²) in [5, 5.41) is 25.3. The van der Waals surface area contributed by atoms with Gasteiger partial charge in [-0.2, -0.15) is 0 Å². The molecule has 1 aromatic carbocycles. The van der Waals surface area contributed by atoms with Crippen molar-refractivity contribution in [1.29, 1.82) is 0 Å². The summed E-state index contributed by atoms with van der Waals surface area (Å²) in [6.07, 6.45) is 0.0609. The molecule has 0 aromatic heterocycles. The zero-order chi connectivity index (χ0) is 20.6. The number of amides is 3. The number of carboxylic acid groups (broad SMARTS) is 1. The number of nitrogens with one attached hydrogen (secondary N) is 3. The topological polar surface area (TPSA) is 171 Å². The molecule has 0 heterocycles. The van der Waals surface area contributed by atoms with E-state index in [-0.39, 0.29) is 18.7 Å². The molecular formula is C17H24N4O6. The molecular weight excluding hydrogens is 356 g/mol. The van der Waals surface area contributed by atoms with Crippen LogP contribution in [0.1, 0.15) is 19.4 Å². The van der Waals surface area contributed by atoms with E-state index in [1.54, 1.807) is 12.1 Å². The first-order chi connectivity index (χ1) is 12.6. The van der Waals surface area contributed by atoms with Crippen molar-refractivity contribution < 1.29 is 29.4 Å². The van der Waals surface area contributed by atoms with E-state index in [0.29, 0.717) is 5.56 Å². The highest BCUT2D eigenvalue weighted by Gasteiger charge is 2.24. The summed E-state index contributed by atoms with van der Waals surface area (Å²) in [6.45, 7) is 2.37. The van der Waals surface area contributed by atoms with Crippen molar-refractivity contribution in [2.45, 2.75) is 38.4 Å². The largest absolute Gasteiger partial charge is 0.508 e. The molecule has 0 aliphatic heterocycles. The number of benzene rings is 1. The monoisotopic (exact) mass is 380 g/mol. The number of phenols is 1. The minimum atomic E-state index is -1.22. The van der Waals surface area contributed by atoms with Gasteiger partial charge in [-0.1, -0.05) is 12.1 Å². The van der Waals surface area contributed by atoms with Gasteiger partial charge in [-0.05, 0) is 31.5 Å². The van der Waals surface area contributed by atoms with Crippen LogP contribution in [0.3, 0.4) is 0 Å². The molecule has 0 aliphatic rings. The maximum Gasteiger partial charge on any atom is 0.325 e. The van der Waals surface area contributed by atoms with Gasteiger partial charge in [0.1, 0.15) is 17.8 Å². The number of carbonyl (C=O) groups excluding carboxylic acids is 3. The van der Waals surface area contributed by atoms with Crippen LogP contribution in [0.4, 0.5) is 0 Å². The highest BCUT2D eigenvalue weighted by Crippen LogP contribution is 2.11. The summed E-state index contributed by atoms with van der Waals surface area (Å²) in [5.74, 6) is -3.02. The number of aromatic hydroxyl groups is 1. The van der Waals surface area contributed by atoms with Gasteiger partial charge in [0, 0.05) is 6.42 Å². The third-order valence-corrected chi connectivity index (χ3v) is 3.59. The lowest BCUT2D eigenvalue weighted by Crippen LogP contribution is -2.53. The number of hydrogen-bond acceptors (Lipinski definition) is 6. The Morgan fingerprint density at radius 1 is 1.04 bits per heavy atom. The zero-order valence-electron chi connectivity index (χ0n) is 15.1. The van der Waals surface area contributed by atoms with Crippen LogP contribution in [0.5, 0.6) is 5.75 Å². The summed E-state index contributed by atoms with van der Waals surface area (Å²) >= 11 is 0. The predicted molar refractivity (Wildman–Crippen MR) is 95.6 cm³/mol. The van der Waals surface area contributed by atoms with Crippen LogP contribution in [-0.4, -0.2) is 58.6 Å². The van der Waals surface area contributed by atoms with Gasteiger partial charge in [-0.25, -0.2) is 0 Å². The molecule has 27 heavy (non-hydrogen) atoms. The Labute approximate surface area is 156 Å². The van der Waals surface area contributed by atoms with Crippen molar-refractivity contribution in [3.05, 3.63) is 29.8 Å². The zero-order valence-corrected chi connectivity index (χ0v) is 15.1. The molecule has 7 N–H and O–H groups in total. The highest BCUT2D eigenvalue weighted by atomic mass is 16.4. The first kappa shape index (κ1) is 21.9. The van der Waals surface area contributed by atoms with Gasteiger partial charge < -0.3 is 31.9 Å². The van der Waals surface area contributed by atoms with E-state index in [1.165, 1.54) is 26.0 Å². The Morgan fingerprint density at radius 3 is 2.15 bits per heavy atom. The van der Waals surface area contributed by atoms with E-state index in [0.717, 1.165) is 0 Å². The van der Waals surface area contributed by atoms with Gasteiger partial charge in [0.05, 0.1) is 12.6 Å². The molecule has 0 saturated heterocycles. The number of phenolic OH excluding ortho intramolecular Hbond substituents is 1. The molecule has 0 saturated carbocycles. The third kappa shape index (κ3) is 7.74. The molecule has 0 radical (unpaired) electrons. The summed E-state index contributed by atoms with van der Waals surface area (Å²) in [5.41, 5.74) is 6.02. The third-order valence-electron chi connectivity index (χ3n) is 3.59. The number of nitrogens with two attached hydrogens (primary N) is 1. The molecule has 10 nitrogen and oxygen atoms in total. The van der Waals surface area contributed by atoms with E-state index in [1.807, 2.05) is 0 Å². The van der Waals surface area contributed by atoms with E-state index in [2.05, 4.69) is 16.0 Å². The molecule has 0 fully saturated rings. The van der Waals surface area contributed by atoms with E-state index >= 15 is 0 Å².